The fraction of sp³-hybridized carbons (Fsp3) is 0.0769. The van der Waals surface area contributed by atoms with Gasteiger partial charge in [-0.2, -0.15) is 0 Å². The van der Waals surface area contributed by atoms with Crippen molar-refractivity contribution in [2.45, 2.75) is 6.92 Å². The first-order chi connectivity index (χ1) is 7.77. The van der Waals surface area contributed by atoms with Gasteiger partial charge in [-0.15, -0.1) is 0 Å². The zero-order chi connectivity index (χ0) is 11.4. The number of hydrogen-bond donors (Lipinski definition) is 1. The zero-order valence-electron chi connectivity index (χ0n) is 8.94. The van der Waals surface area contributed by atoms with E-state index < -0.39 is 0 Å². The van der Waals surface area contributed by atoms with E-state index in [1.54, 1.807) is 12.4 Å². The molecule has 78 valence electrons. The highest BCUT2D eigenvalue weighted by Gasteiger charge is 1.96. The molecule has 0 aliphatic carbocycles. The monoisotopic (exact) mass is 209 g/mol. The zero-order valence-corrected chi connectivity index (χ0v) is 8.94. The second-order valence-electron chi connectivity index (χ2n) is 3.36. The van der Waals surface area contributed by atoms with Crippen LogP contribution in [-0.4, -0.2) is 9.97 Å². The van der Waals surface area contributed by atoms with Crippen molar-refractivity contribution in [2.24, 2.45) is 0 Å². The maximum atomic E-state index is 5.65. The van der Waals surface area contributed by atoms with Crippen LogP contribution < -0.4 is 5.73 Å². The summed E-state index contributed by atoms with van der Waals surface area (Å²) in [4.78, 5) is 7.99. The Morgan fingerprint density at radius 2 is 1.81 bits per heavy atom. The Balaban J connectivity index is 2.36. The minimum absolute atomic E-state index is 0.364. The molecule has 0 saturated carbocycles. The molecular formula is C13H11N3. The Morgan fingerprint density at radius 1 is 1.06 bits per heavy atom. The van der Waals surface area contributed by atoms with Crippen molar-refractivity contribution >= 4 is 5.82 Å². The van der Waals surface area contributed by atoms with Crippen LogP contribution >= 0.6 is 0 Å². The van der Waals surface area contributed by atoms with Gasteiger partial charge in [0.05, 0.1) is 0 Å². The lowest BCUT2D eigenvalue weighted by Crippen LogP contribution is -1.96. The smallest absolute Gasteiger partial charge is 0.158 e. The summed E-state index contributed by atoms with van der Waals surface area (Å²) >= 11 is 0. The third kappa shape index (κ3) is 2.18. The van der Waals surface area contributed by atoms with Crippen LogP contribution in [0.1, 0.15) is 16.8 Å². The van der Waals surface area contributed by atoms with Crippen LogP contribution in [0, 0.1) is 18.8 Å². The predicted octanol–water partition coefficient (Wildman–Crippen LogP) is 1.77. The van der Waals surface area contributed by atoms with Crippen LogP contribution in [0.5, 0.6) is 0 Å². The van der Waals surface area contributed by atoms with Crippen LogP contribution in [0.15, 0.2) is 36.7 Å². The van der Waals surface area contributed by atoms with Gasteiger partial charge in [0.1, 0.15) is 0 Å². The molecule has 0 aliphatic heterocycles. The lowest BCUT2D eigenvalue weighted by molar-refractivity contribution is 1.18. The molecule has 2 aromatic rings. The molecule has 16 heavy (non-hydrogen) atoms. The summed E-state index contributed by atoms with van der Waals surface area (Å²) < 4.78 is 0. The maximum Gasteiger partial charge on any atom is 0.158 e. The molecule has 0 spiro atoms. The molecule has 1 aromatic carbocycles. The Kier molecular flexibility index (Phi) is 2.84. The van der Waals surface area contributed by atoms with E-state index >= 15 is 0 Å². The average Bonchev–Trinajstić information content (AvgIpc) is 2.30. The third-order valence-electron chi connectivity index (χ3n) is 2.19. The molecule has 2 rings (SSSR count). The summed E-state index contributed by atoms with van der Waals surface area (Å²) in [7, 11) is 0. The van der Waals surface area contributed by atoms with E-state index in [2.05, 4.69) is 21.8 Å². The van der Waals surface area contributed by atoms with E-state index in [0.717, 1.165) is 11.1 Å². The first-order valence-electron chi connectivity index (χ1n) is 4.91. The Morgan fingerprint density at radius 3 is 2.56 bits per heavy atom. The van der Waals surface area contributed by atoms with Crippen molar-refractivity contribution in [1.29, 1.82) is 0 Å². The number of aryl methyl sites for hydroxylation is 1. The second-order valence-corrected chi connectivity index (χ2v) is 3.36. The fourth-order valence-electron chi connectivity index (χ4n) is 1.28. The van der Waals surface area contributed by atoms with Crippen LogP contribution in [0.4, 0.5) is 5.82 Å². The van der Waals surface area contributed by atoms with Crippen molar-refractivity contribution in [3.05, 3.63) is 53.5 Å². The summed E-state index contributed by atoms with van der Waals surface area (Å²) in [6.07, 6.45) is 3.13. The van der Waals surface area contributed by atoms with Gasteiger partial charge in [-0.05, 0) is 24.5 Å². The molecule has 0 amide bonds. The van der Waals surface area contributed by atoms with Gasteiger partial charge < -0.3 is 5.73 Å². The standard InChI is InChI=1S/C13H11N3/c1-10-4-2-3-5-11(10)6-7-12-13(14)16-9-8-15-12/h2-5,8-9H,1H3,(H2,14,16). The SMILES string of the molecule is Cc1ccccc1C#Cc1nccnc1N. The van der Waals surface area contributed by atoms with E-state index in [1.165, 1.54) is 0 Å². The van der Waals surface area contributed by atoms with Gasteiger partial charge in [-0.25, -0.2) is 9.97 Å². The number of nitrogens with zero attached hydrogens (tertiary/aromatic N) is 2. The normalized spacial score (nSPS) is 9.31. The van der Waals surface area contributed by atoms with Crippen LogP contribution in [0.3, 0.4) is 0 Å². The average molecular weight is 209 g/mol. The van der Waals surface area contributed by atoms with E-state index in [9.17, 15) is 0 Å². The molecule has 1 aromatic heterocycles. The molecule has 0 aliphatic rings. The van der Waals surface area contributed by atoms with Crippen LogP contribution in [-0.2, 0) is 0 Å². The van der Waals surface area contributed by atoms with Crippen LogP contribution in [0.2, 0.25) is 0 Å². The molecule has 1 heterocycles. The second kappa shape index (κ2) is 4.45. The largest absolute Gasteiger partial charge is 0.381 e. The summed E-state index contributed by atoms with van der Waals surface area (Å²) in [5, 5.41) is 0. The van der Waals surface area contributed by atoms with Crippen molar-refractivity contribution in [1.82, 2.24) is 9.97 Å². The quantitative estimate of drug-likeness (QED) is 0.673. The van der Waals surface area contributed by atoms with Gasteiger partial charge in [0.25, 0.3) is 0 Å². The van der Waals surface area contributed by atoms with Gasteiger partial charge in [0.15, 0.2) is 11.5 Å². The number of anilines is 1. The van der Waals surface area contributed by atoms with Gasteiger partial charge in [0.2, 0.25) is 0 Å². The number of nitrogen functional groups attached to an aromatic ring is 1. The number of benzene rings is 1. The molecule has 3 nitrogen and oxygen atoms in total. The molecule has 0 atom stereocenters. The number of aromatic nitrogens is 2. The van der Waals surface area contributed by atoms with Crippen molar-refractivity contribution in [3.8, 4) is 11.8 Å². The lowest BCUT2D eigenvalue weighted by Gasteiger charge is -1.96. The number of hydrogen-bond acceptors (Lipinski definition) is 3. The molecular weight excluding hydrogens is 198 g/mol. The van der Waals surface area contributed by atoms with Gasteiger partial charge in [-0.3, -0.25) is 0 Å². The number of rotatable bonds is 0. The van der Waals surface area contributed by atoms with Crippen molar-refractivity contribution in [3.63, 3.8) is 0 Å². The van der Waals surface area contributed by atoms with E-state index in [1.807, 2.05) is 31.2 Å². The topological polar surface area (TPSA) is 51.8 Å². The molecule has 0 fully saturated rings. The molecule has 3 heteroatoms. The Hall–Kier alpha value is -2.34. The lowest BCUT2D eigenvalue weighted by atomic mass is 10.1. The minimum Gasteiger partial charge on any atom is -0.381 e. The molecule has 0 unspecified atom stereocenters. The molecule has 0 bridgehead atoms. The summed E-state index contributed by atoms with van der Waals surface area (Å²) in [5.74, 6) is 6.32. The highest BCUT2D eigenvalue weighted by Crippen LogP contribution is 2.06. The van der Waals surface area contributed by atoms with Crippen molar-refractivity contribution < 1.29 is 0 Å². The predicted molar refractivity (Wildman–Crippen MR) is 63.6 cm³/mol. The van der Waals surface area contributed by atoms with Gasteiger partial charge in [0, 0.05) is 18.0 Å². The first-order valence-corrected chi connectivity index (χ1v) is 4.91. The summed E-state index contributed by atoms with van der Waals surface area (Å²) in [6, 6.07) is 7.92. The molecule has 0 saturated heterocycles. The Labute approximate surface area is 94.4 Å². The van der Waals surface area contributed by atoms with Gasteiger partial charge >= 0.3 is 0 Å². The number of nitrogens with two attached hydrogens (primary N) is 1. The fourth-order valence-corrected chi connectivity index (χ4v) is 1.28. The Bertz CT molecular complexity index is 515. The highest BCUT2D eigenvalue weighted by atomic mass is 14.9. The molecule has 0 radical (unpaired) electrons. The maximum absolute atomic E-state index is 5.65. The van der Waals surface area contributed by atoms with E-state index in [-0.39, 0.29) is 0 Å². The van der Waals surface area contributed by atoms with Crippen molar-refractivity contribution in [2.75, 3.05) is 5.73 Å². The third-order valence-corrected chi connectivity index (χ3v) is 2.19. The van der Waals surface area contributed by atoms with E-state index in [4.69, 9.17) is 5.73 Å². The highest BCUT2D eigenvalue weighted by molar-refractivity contribution is 5.50. The van der Waals surface area contributed by atoms with Crippen LogP contribution in [0.25, 0.3) is 0 Å². The van der Waals surface area contributed by atoms with Gasteiger partial charge in [-0.1, -0.05) is 24.1 Å². The summed E-state index contributed by atoms with van der Waals surface area (Å²) in [5.41, 5.74) is 8.28. The summed E-state index contributed by atoms with van der Waals surface area (Å²) in [6.45, 7) is 2.02. The first kappa shape index (κ1) is 10.2. The molecule has 2 N–H and O–H groups in total. The van der Waals surface area contributed by atoms with E-state index in [0.29, 0.717) is 11.5 Å². The minimum atomic E-state index is 0.364.